The average Bonchev–Trinajstić information content (AvgIpc) is 2.29. The fraction of sp³-hybridized carbons (Fsp3) is 0.417. The summed E-state index contributed by atoms with van der Waals surface area (Å²) < 4.78 is 5.96. The van der Waals surface area contributed by atoms with Gasteiger partial charge in [-0.25, -0.2) is 0 Å². The molecule has 0 amide bonds. The molecule has 0 aromatic heterocycles. The van der Waals surface area contributed by atoms with E-state index in [1.807, 2.05) is 25.2 Å². The molecule has 0 N–H and O–H groups in total. The molecule has 0 atom stereocenters. The lowest BCUT2D eigenvalue weighted by Crippen LogP contribution is -2.20. The number of anilines is 1. The number of halogens is 1. The fourth-order valence-corrected chi connectivity index (χ4v) is 2.13. The summed E-state index contributed by atoms with van der Waals surface area (Å²) in [6.45, 7) is 1.69. The summed E-state index contributed by atoms with van der Waals surface area (Å²) >= 11 is 3.47. The lowest BCUT2D eigenvalue weighted by Gasteiger charge is -2.20. The largest absolute Gasteiger partial charge is 0.385 e. The molecule has 1 rings (SSSR count). The highest BCUT2D eigenvalue weighted by molar-refractivity contribution is 9.10. The van der Waals surface area contributed by atoms with Gasteiger partial charge in [0.25, 0.3) is 0 Å². The molecule has 0 saturated carbocycles. The van der Waals surface area contributed by atoms with Crippen LogP contribution >= 0.6 is 15.9 Å². The number of hydrogen-bond acceptors (Lipinski definition) is 3. The minimum absolute atomic E-state index is 0.668. The molecule has 0 spiro atoms. The van der Waals surface area contributed by atoms with Gasteiger partial charge in [-0.2, -0.15) is 5.26 Å². The molecule has 0 fully saturated rings. The molecule has 0 radical (unpaired) electrons. The smallest absolute Gasteiger partial charge is 0.0992 e. The maximum absolute atomic E-state index is 8.76. The second-order valence-corrected chi connectivity index (χ2v) is 4.40. The van der Waals surface area contributed by atoms with Gasteiger partial charge in [0, 0.05) is 31.8 Å². The van der Waals surface area contributed by atoms with Crippen molar-refractivity contribution < 1.29 is 4.74 Å². The Morgan fingerprint density at radius 3 is 2.81 bits per heavy atom. The first-order valence-corrected chi connectivity index (χ1v) is 5.88. The zero-order valence-corrected chi connectivity index (χ0v) is 11.1. The molecule has 16 heavy (non-hydrogen) atoms. The van der Waals surface area contributed by atoms with Crippen LogP contribution < -0.4 is 4.90 Å². The van der Waals surface area contributed by atoms with Crippen molar-refractivity contribution in [2.75, 3.05) is 32.2 Å². The minimum atomic E-state index is 0.668. The number of nitriles is 1. The van der Waals surface area contributed by atoms with E-state index < -0.39 is 0 Å². The second-order valence-electron chi connectivity index (χ2n) is 3.55. The first-order valence-electron chi connectivity index (χ1n) is 5.08. The quantitative estimate of drug-likeness (QED) is 0.780. The van der Waals surface area contributed by atoms with Gasteiger partial charge in [-0.1, -0.05) is 0 Å². The summed E-state index contributed by atoms with van der Waals surface area (Å²) in [6, 6.07) is 7.73. The highest BCUT2D eigenvalue weighted by Gasteiger charge is 2.06. The van der Waals surface area contributed by atoms with Crippen molar-refractivity contribution >= 4 is 21.6 Å². The Kier molecular flexibility index (Phi) is 5.30. The zero-order valence-electron chi connectivity index (χ0n) is 9.53. The van der Waals surface area contributed by atoms with E-state index in [-0.39, 0.29) is 0 Å². The molecule has 3 nitrogen and oxygen atoms in total. The SMILES string of the molecule is COCCCN(C)c1ccc(C#N)cc1Br. The van der Waals surface area contributed by atoms with Crippen LogP contribution in [0.2, 0.25) is 0 Å². The summed E-state index contributed by atoms with van der Waals surface area (Å²) in [7, 11) is 3.74. The van der Waals surface area contributed by atoms with Crippen molar-refractivity contribution in [3.63, 3.8) is 0 Å². The van der Waals surface area contributed by atoms with Crippen molar-refractivity contribution in [3.05, 3.63) is 28.2 Å². The Labute approximate surface area is 105 Å². The predicted molar refractivity (Wildman–Crippen MR) is 68.6 cm³/mol. The molecular formula is C12H15BrN2O. The summed E-state index contributed by atoms with van der Waals surface area (Å²) in [5.74, 6) is 0. The Hall–Kier alpha value is -1.05. The third-order valence-corrected chi connectivity index (χ3v) is 2.97. The molecular weight excluding hydrogens is 268 g/mol. The number of nitrogens with zero attached hydrogens (tertiary/aromatic N) is 2. The molecule has 0 unspecified atom stereocenters. The van der Waals surface area contributed by atoms with E-state index in [4.69, 9.17) is 10.00 Å². The summed E-state index contributed by atoms with van der Waals surface area (Å²) in [6.07, 6.45) is 0.986. The lowest BCUT2D eigenvalue weighted by molar-refractivity contribution is 0.196. The third-order valence-electron chi connectivity index (χ3n) is 2.33. The monoisotopic (exact) mass is 282 g/mol. The molecule has 0 aliphatic heterocycles. The van der Waals surface area contributed by atoms with Crippen LogP contribution in [0.5, 0.6) is 0 Å². The predicted octanol–water partition coefficient (Wildman–Crippen LogP) is 2.79. The first-order chi connectivity index (χ1) is 7.69. The molecule has 0 aliphatic rings. The van der Waals surface area contributed by atoms with Gasteiger partial charge in [0.2, 0.25) is 0 Å². The van der Waals surface area contributed by atoms with Crippen molar-refractivity contribution in [2.24, 2.45) is 0 Å². The van der Waals surface area contributed by atoms with Crippen LogP contribution in [0.3, 0.4) is 0 Å². The lowest BCUT2D eigenvalue weighted by atomic mass is 10.2. The first kappa shape index (κ1) is 13.0. The zero-order chi connectivity index (χ0) is 12.0. The van der Waals surface area contributed by atoms with Gasteiger partial charge in [0.1, 0.15) is 0 Å². The maximum atomic E-state index is 8.76. The Balaban J connectivity index is 2.69. The Morgan fingerprint density at radius 1 is 1.50 bits per heavy atom. The highest BCUT2D eigenvalue weighted by Crippen LogP contribution is 2.26. The highest BCUT2D eigenvalue weighted by atomic mass is 79.9. The summed E-state index contributed by atoms with van der Waals surface area (Å²) in [5, 5.41) is 8.76. The van der Waals surface area contributed by atoms with Gasteiger partial charge in [-0.15, -0.1) is 0 Å². The third kappa shape index (κ3) is 3.51. The van der Waals surface area contributed by atoms with E-state index in [0.29, 0.717) is 5.56 Å². The topological polar surface area (TPSA) is 36.3 Å². The van der Waals surface area contributed by atoms with Gasteiger partial charge >= 0.3 is 0 Å². The van der Waals surface area contributed by atoms with E-state index in [1.165, 1.54) is 0 Å². The van der Waals surface area contributed by atoms with E-state index in [9.17, 15) is 0 Å². The number of hydrogen-bond donors (Lipinski definition) is 0. The number of methoxy groups -OCH3 is 1. The van der Waals surface area contributed by atoms with Crippen molar-refractivity contribution in [1.82, 2.24) is 0 Å². The summed E-state index contributed by atoms with van der Waals surface area (Å²) in [4.78, 5) is 2.14. The molecule has 0 heterocycles. The minimum Gasteiger partial charge on any atom is -0.385 e. The van der Waals surface area contributed by atoms with Crippen LogP contribution in [0, 0.1) is 11.3 Å². The second kappa shape index (κ2) is 6.51. The molecule has 0 bridgehead atoms. The van der Waals surface area contributed by atoms with E-state index >= 15 is 0 Å². The molecule has 86 valence electrons. The van der Waals surface area contributed by atoms with Gasteiger partial charge in [-0.05, 0) is 40.5 Å². The van der Waals surface area contributed by atoms with Crippen molar-refractivity contribution in [2.45, 2.75) is 6.42 Å². The van der Waals surface area contributed by atoms with E-state index in [0.717, 1.165) is 29.7 Å². The Bertz CT molecular complexity index is 387. The van der Waals surface area contributed by atoms with E-state index in [1.54, 1.807) is 7.11 Å². The molecule has 0 aliphatic carbocycles. The maximum Gasteiger partial charge on any atom is 0.0992 e. The van der Waals surface area contributed by atoms with E-state index in [2.05, 4.69) is 26.9 Å². The van der Waals surface area contributed by atoms with Crippen molar-refractivity contribution in [3.8, 4) is 6.07 Å². The molecule has 4 heteroatoms. The molecule has 0 saturated heterocycles. The van der Waals surface area contributed by atoms with Crippen LogP contribution in [0.25, 0.3) is 0 Å². The van der Waals surface area contributed by atoms with Crippen LogP contribution in [0.4, 0.5) is 5.69 Å². The number of benzene rings is 1. The fourth-order valence-electron chi connectivity index (χ4n) is 1.45. The number of rotatable bonds is 5. The standard InChI is InChI=1S/C12H15BrN2O/c1-15(6-3-7-16-2)12-5-4-10(9-14)8-11(12)13/h4-5,8H,3,6-7H2,1-2H3. The van der Waals surface area contributed by atoms with Gasteiger partial charge in [0.05, 0.1) is 17.3 Å². The number of ether oxygens (including phenoxy) is 1. The average molecular weight is 283 g/mol. The Morgan fingerprint density at radius 2 is 2.25 bits per heavy atom. The molecule has 1 aromatic rings. The summed E-state index contributed by atoms with van der Waals surface area (Å²) in [5.41, 5.74) is 1.76. The van der Waals surface area contributed by atoms with Crippen LogP contribution in [-0.4, -0.2) is 27.3 Å². The van der Waals surface area contributed by atoms with Gasteiger partial charge in [-0.3, -0.25) is 0 Å². The molecule has 1 aromatic carbocycles. The normalized spacial score (nSPS) is 9.88. The van der Waals surface area contributed by atoms with Crippen molar-refractivity contribution in [1.29, 1.82) is 5.26 Å². The van der Waals surface area contributed by atoms with Crippen LogP contribution in [0.15, 0.2) is 22.7 Å². The van der Waals surface area contributed by atoms with Crippen LogP contribution in [0.1, 0.15) is 12.0 Å². The van der Waals surface area contributed by atoms with Gasteiger partial charge < -0.3 is 9.64 Å². The van der Waals surface area contributed by atoms with Gasteiger partial charge in [0.15, 0.2) is 0 Å². The van der Waals surface area contributed by atoms with Crippen LogP contribution in [-0.2, 0) is 4.74 Å².